The molecule has 0 heterocycles. The molecule has 0 bridgehead atoms. The Hall–Kier alpha value is -2.11. The van der Waals surface area contributed by atoms with Crippen molar-refractivity contribution in [2.45, 2.75) is 232 Å². The van der Waals surface area contributed by atoms with Crippen LogP contribution in [0.1, 0.15) is 226 Å². The summed E-state index contributed by atoms with van der Waals surface area (Å²) in [5, 5.41) is 11.1. The molecule has 1 amide bonds. The zero-order chi connectivity index (χ0) is 36.6. The number of carbonyl (C=O) groups is 3. The molecule has 0 aromatic rings. The smallest absolute Gasteiger partial charge is 0.322 e. The van der Waals surface area contributed by atoms with Gasteiger partial charge >= 0.3 is 11.9 Å². The normalized spacial score (nSPS) is 12.2. The minimum atomic E-state index is -1.03. The van der Waals surface area contributed by atoms with E-state index in [2.05, 4.69) is 37.4 Å². The first-order valence-corrected chi connectivity index (χ1v) is 21.5. The Morgan fingerprint density at radius 3 is 1.44 bits per heavy atom. The first-order valence-electron chi connectivity index (χ1n) is 21.5. The summed E-state index contributed by atoms with van der Waals surface area (Å²) in [6.07, 6.45) is 47.8. The molecular weight excluding hydrogens is 622 g/mol. The standard InChI is InChI=1S/C44H81NO5/c1-3-5-7-9-11-12-13-14-15-16-17-18-19-20-21-22-23-24-25-26-27-29-35-39-44(49)50-41(36-32-28-10-8-6-4-2)37-33-30-31-34-38-42(46)45-40-43(47)48/h8,10,32,36,41H,3-7,9,11-31,33-35,37-40H2,1-2H3,(H,45,46)(H,47,48)/b10-8-,36-32-. The first kappa shape index (κ1) is 47.9. The fourth-order valence-electron chi connectivity index (χ4n) is 6.41. The van der Waals surface area contributed by atoms with E-state index < -0.39 is 5.97 Å². The van der Waals surface area contributed by atoms with Gasteiger partial charge in [-0.3, -0.25) is 14.4 Å². The van der Waals surface area contributed by atoms with Crippen molar-refractivity contribution in [1.82, 2.24) is 5.32 Å². The zero-order valence-electron chi connectivity index (χ0n) is 33.0. The number of rotatable bonds is 39. The number of carbonyl (C=O) groups excluding carboxylic acids is 2. The third kappa shape index (κ3) is 38.7. The molecule has 2 N–H and O–H groups in total. The summed E-state index contributed by atoms with van der Waals surface area (Å²) in [4.78, 5) is 34.8. The zero-order valence-corrected chi connectivity index (χ0v) is 33.0. The number of nitrogens with one attached hydrogen (secondary N) is 1. The van der Waals surface area contributed by atoms with Crippen molar-refractivity contribution in [3.8, 4) is 0 Å². The van der Waals surface area contributed by atoms with Crippen LogP contribution < -0.4 is 5.32 Å². The average molecular weight is 704 g/mol. The molecular formula is C44H81NO5. The fourth-order valence-corrected chi connectivity index (χ4v) is 6.41. The summed E-state index contributed by atoms with van der Waals surface area (Å²) in [6, 6.07) is 0. The van der Waals surface area contributed by atoms with Crippen molar-refractivity contribution in [3.63, 3.8) is 0 Å². The van der Waals surface area contributed by atoms with Crippen LogP contribution in [0.15, 0.2) is 24.3 Å². The maximum Gasteiger partial charge on any atom is 0.322 e. The van der Waals surface area contributed by atoms with Gasteiger partial charge in [-0.05, 0) is 44.6 Å². The van der Waals surface area contributed by atoms with Gasteiger partial charge in [0.15, 0.2) is 0 Å². The minimum Gasteiger partial charge on any atom is -0.480 e. The molecule has 0 fully saturated rings. The monoisotopic (exact) mass is 704 g/mol. The average Bonchev–Trinajstić information content (AvgIpc) is 3.10. The number of amides is 1. The highest BCUT2D eigenvalue weighted by Crippen LogP contribution is 2.17. The molecule has 50 heavy (non-hydrogen) atoms. The number of hydrogen-bond acceptors (Lipinski definition) is 4. The maximum atomic E-state index is 12.6. The van der Waals surface area contributed by atoms with Gasteiger partial charge in [-0.25, -0.2) is 0 Å². The minimum absolute atomic E-state index is 0.0974. The Kier molecular flexibility index (Phi) is 38.0. The quantitative estimate of drug-likeness (QED) is 0.0378. The van der Waals surface area contributed by atoms with Crippen LogP contribution in [-0.2, 0) is 19.1 Å². The molecule has 0 rings (SSSR count). The van der Waals surface area contributed by atoms with E-state index in [1.165, 1.54) is 135 Å². The maximum absolute atomic E-state index is 12.6. The van der Waals surface area contributed by atoms with Crippen LogP contribution in [0.4, 0.5) is 0 Å². The summed E-state index contributed by atoms with van der Waals surface area (Å²) in [5.41, 5.74) is 0. The van der Waals surface area contributed by atoms with Gasteiger partial charge in [-0.15, -0.1) is 0 Å². The molecule has 0 aliphatic carbocycles. The molecule has 292 valence electrons. The number of esters is 1. The number of hydrogen-bond donors (Lipinski definition) is 2. The lowest BCUT2D eigenvalue weighted by molar-refractivity contribution is -0.147. The van der Waals surface area contributed by atoms with E-state index in [1.54, 1.807) is 0 Å². The summed E-state index contributed by atoms with van der Waals surface area (Å²) < 4.78 is 5.86. The van der Waals surface area contributed by atoms with Gasteiger partial charge in [0.2, 0.25) is 5.91 Å². The Morgan fingerprint density at radius 2 is 0.980 bits per heavy atom. The molecule has 0 aliphatic heterocycles. The van der Waals surface area contributed by atoms with Gasteiger partial charge in [-0.2, -0.15) is 0 Å². The predicted octanol–water partition coefficient (Wildman–Crippen LogP) is 13.1. The van der Waals surface area contributed by atoms with Gasteiger partial charge in [0, 0.05) is 12.8 Å². The van der Waals surface area contributed by atoms with Gasteiger partial charge in [0.25, 0.3) is 0 Å². The van der Waals surface area contributed by atoms with Gasteiger partial charge in [0.1, 0.15) is 12.6 Å². The summed E-state index contributed by atoms with van der Waals surface area (Å²) in [5.74, 6) is -1.34. The second-order valence-electron chi connectivity index (χ2n) is 14.6. The Morgan fingerprint density at radius 1 is 0.540 bits per heavy atom. The summed E-state index contributed by atoms with van der Waals surface area (Å²) in [7, 11) is 0. The van der Waals surface area contributed by atoms with E-state index in [1.807, 2.05) is 6.08 Å². The second-order valence-corrected chi connectivity index (χ2v) is 14.6. The third-order valence-corrected chi connectivity index (χ3v) is 9.59. The summed E-state index contributed by atoms with van der Waals surface area (Å²) >= 11 is 0. The van der Waals surface area contributed by atoms with E-state index >= 15 is 0 Å². The van der Waals surface area contributed by atoms with Crippen molar-refractivity contribution in [3.05, 3.63) is 24.3 Å². The molecule has 0 saturated carbocycles. The molecule has 0 radical (unpaired) electrons. The predicted molar refractivity (Wildman–Crippen MR) is 213 cm³/mol. The number of ether oxygens (including phenoxy) is 1. The lowest BCUT2D eigenvalue weighted by atomic mass is 10.0. The van der Waals surface area contributed by atoms with Crippen LogP contribution in [0.3, 0.4) is 0 Å². The molecule has 1 atom stereocenters. The largest absolute Gasteiger partial charge is 0.480 e. The molecule has 0 spiro atoms. The van der Waals surface area contributed by atoms with Crippen molar-refractivity contribution in [1.29, 1.82) is 0 Å². The molecule has 0 aromatic heterocycles. The SMILES string of the molecule is CCC/C=C\C/C=C\C(CCCCCCC(=O)NCC(=O)O)OC(=O)CCCCCCCCCCCCCCCCCCCCCCCCC. The van der Waals surface area contributed by atoms with Crippen LogP contribution in [0.2, 0.25) is 0 Å². The molecule has 6 heteroatoms. The number of carboxylic acid groups (broad SMARTS) is 1. The molecule has 6 nitrogen and oxygen atoms in total. The van der Waals surface area contributed by atoms with E-state index in [0.29, 0.717) is 12.8 Å². The van der Waals surface area contributed by atoms with Crippen LogP contribution in [0.25, 0.3) is 0 Å². The highest BCUT2D eigenvalue weighted by molar-refractivity contribution is 5.80. The van der Waals surface area contributed by atoms with E-state index in [9.17, 15) is 14.4 Å². The number of allylic oxidation sites excluding steroid dienone is 3. The van der Waals surface area contributed by atoms with Gasteiger partial charge in [-0.1, -0.05) is 193 Å². The van der Waals surface area contributed by atoms with Crippen LogP contribution in [0.5, 0.6) is 0 Å². The number of aliphatic carboxylic acids is 1. The molecule has 0 saturated heterocycles. The molecule has 0 aliphatic rings. The topological polar surface area (TPSA) is 92.7 Å². The first-order chi connectivity index (χ1) is 24.5. The highest BCUT2D eigenvalue weighted by Gasteiger charge is 2.12. The Balaban J connectivity index is 3.82. The van der Waals surface area contributed by atoms with Crippen molar-refractivity contribution in [2.75, 3.05) is 6.54 Å². The molecule has 1 unspecified atom stereocenters. The number of carboxylic acids is 1. The third-order valence-electron chi connectivity index (χ3n) is 9.59. The van der Waals surface area contributed by atoms with E-state index in [-0.39, 0.29) is 24.5 Å². The Labute approximate surface area is 309 Å². The van der Waals surface area contributed by atoms with Crippen LogP contribution >= 0.6 is 0 Å². The van der Waals surface area contributed by atoms with Crippen molar-refractivity contribution >= 4 is 17.8 Å². The lowest BCUT2D eigenvalue weighted by Crippen LogP contribution is -2.28. The summed E-state index contributed by atoms with van der Waals surface area (Å²) in [6.45, 7) is 4.13. The van der Waals surface area contributed by atoms with Crippen LogP contribution in [-0.4, -0.2) is 35.6 Å². The second kappa shape index (κ2) is 39.7. The van der Waals surface area contributed by atoms with Gasteiger partial charge in [0.05, 0.1) is 0 Å². The van der Waals surface area contributed by atoms with Gasteiger partial charge < -0.3 is 15.2 Å². The van der Waals surface area contributed by atoms with E-state index in [4.69, 9.17) is 9.84 Å². The van der Waals surface area contributed by atoms with Crippen LogP contribution in [0, 0.1) is 0 Å². The number of unbranched alkanes of at least 4 members (excludes halogenated alkanes) is 26. The van der Waals surface area contributed by atoms with Crippen molar-refractivity contribution in [2.24, 2.45) is 0 Å². The van der Waals surface area contributed by atoms with Crippen molar-refractivity contribution < 1.29 is 24.2 Å². The molecule has 0 aromatic carbocycles. The lowest BCUT2D eigenvalue weighted by Gasteiger charge is -2.14. The highest BCUT2D eigenvalue weighted by atomic mass is 16.5. The fraction of sp³-hybridized carbons (Fsp3) is 0.841. The Bertz CT molecular complexity index is 823. The van der Waals surface area contributed by atoms with E-state index in [0.717, 1.165) is 64.2 Å².